The summed E-state index contributed by atoms with van der Waals surface area (Å²) in [5.74, 6) is 3.57. The minimum Gasteiger partial charge on any atom is -0.466 e. The molecule has 0 aliphatic carbocycles. The molecule has 2 unspecified atom stereocenters. The van der Waals surface area contributed by atoms with Crippen LogP contribution in [-0.2, 0) is 0 Å². The molecule has 1 heterocycles. The molecule has 1 aromatic rings. The van der Waals surface area contributed by atoms with Crippen molar-refractivity contribution in [2.75, 3.05) is 7.05 Å². The fourth-order valence-corrected chi connectivity index (χ4v) is 2.70. The maximum atomic E-state index is 5.62. The SMILES string of the molecule is CNC(CC(C)CC(C)C)c1cc(C)oc1C. The van der Waals surface area contributed by atoms with Gasteiger partial charge in [0.05, 0.1) is 0 Å². The molecule has 0 amide bonds. The van der Waals surface area contributed by atoms with Crippen molar-refractivity contribution in [1.82, 2.24) is 5.32 Å². The van der Waals surface area contributed by atoms with Crippen molar-refractivity contribution >= 4 is 0 Å². The average Bonchev–Trinajstić information content (AvgIpc) is 2.53. The molecule has 1 N–H and O–H groups in total. The Balaban J connectivity index is 2.68. The lowest BCUT2D eigenvalue weighted by Crippen LogP contribution is -2.20. The third-order valence-corrected chi connectivity index (χ3v) is 3.32. The van der Waals surface area contributed by atoms with Crippen LogP contribution in [0.1, 0.15) is 56.7 Å². The molecular weight excluding hydrogens is 210 g/mol. The van der Waals surface area contributed by atoms with Crippen molar-refractivity contribution in [3.63, 3.8) is 0 Å². The Hall–Kier alpha value is -0.760. The minimum absolute atomic E-state index is 0.418. The van der Waals surface area contributed by atoms with Gasteiger partial charge in [0.25, 0.3) is 0 Å². The van der Waals surface area contributed by atoms with Gasteiger partial charge in [0.1, 0.15) is 11.5 Å². The van der Waals surface area contributed by atoms with Gasteiger partial charge in [0.2, 0.25) is 0 Å². The van der Waals surface area contributed by atoms with Crippen molar-refractivity contribution in [1.29, 1.82) is 0 Å². The molecule has 2 nitrogen and oxygen atoms in total. The van der Waals surface area contributed by atoms with Crippen molar-refractivity contribution < 1.29 is 4.42 Å². The first-order valence-electron chi connectivity index (χ1n) is 6.68. The number of aryl methyl sites for hydroxylation is 2. The third kappa shape index (κ3) is 4.19. The Morgan fingerprint density at radius 3 is 2.24 bits per heavy atom. The quantitative estimate of drug-likeness (QED) is 0.801. The minimum atomic E-state index is 0.418. The van der Waals surface area contributed by atoms with Crippen LogP contribution in [0.3, 0.4) is 0 Å². The summed E-state index contributed by atoms with van der Waals surface area (Å²) in [4.78, 5) is 0. The summed E-state index contributed by atoms with van der Waals surface area (Å²) in [7, 11) is 2.04. The molecule has 0 radical (unpaired) electrons. The number of hydrogen-bond acceptors (Lipinski definition) is 2. The van der Waals surface area contributed by atoms with E-state index < -0.39 is 0 Å². The normalized spacial score (nSPS) is 15.2. The van der Waals surface area contributed by atoms with Gasteiger partial charge in [-0.25, -0.2) is 0 Å². The van der Waals surface area contributed by atoms with E-state index in [4.69, 9.17) is 4.42 Å². The van der Waals surface area contributed by atoms with Crippen molar-refractivity contribution in [3.8, 4) is 0 Å². The molecule has 2 heteroatoms. The van der Waals surface area contributed by atoms with E-state index >= 15 is 0 Å². The van der Waals surface area contributed by atoms with Gasteiger partial charge in [-0.3, -0.25) is 0 Å². The van der Waals surface area contributed by atoms with Crippen LogP contribution in [0.2, 0.25) is 0 Å². The largest absolute Gasteiger partial charge is 0.466 e. The van der Waals surface area contributed by atoms with E-state index in [9.17, 15) is 0 Å². The molecule has 1 aromatic heterocycles. The van der Waals surface area contributed by atoms with Crippen molar-refractivity contribution in [3.05, 3.63) is 23.2 Å². The highest BCUT2D eigenvalue weighted by Gasteiger charge is 2.18. The fraction of sp³-hybridized carbons (Fsp3) is 0.733. The van der Waals surface area contributed by atoms with Gasteiger partial charge in [-0.05, 0) is 51.6 Å². The monoisotopic (exact) mass is 237 g/mol. The average molecular weight is 237 g/mol. The molecule has 0 spiro atoms. The first kappa shape index (κ1) is 14.3. The summed E-state index contributed by atoms with van der Waals surface area (Å²) in [6.07, 6.45) is 2.46. The maximum Gasteiger partial charge on any atom is 0.105 e. The fourth-order valence-electron chi connectivity index (χ4n) is 2.70. The Bertz CT molecular complexity index is 341. The Morgan fingerprint density at radius 1 is 1.18 bits per heavy atom. The lowest BCUT2D eigenvalue weighted by Gasteiger charge is -2.21. The number of hydrogen-bond donors (Lipinski definition) is 1. The zero-order valence-electron chi connectivity index (χ0n) is 12.1. The van der Waals surface area contributed by atoms with Gasteiger partial charge in [0.15, 0.2) is 0 Å². The smallest absolute Gasteiger partial charge is 0.105 e. The van der Waals surface area contributed by atoms with E-state index in [0.717, 1.165) is 23.4 Å². The Kier molecular flexibility index (Phi) is 5.26. The highest BCUT2D eigenvalue weighted by Crippen LogP contribution is 2.28. The van der Waals surface area contributed by atoms with Crippen LogP contribution in [0.5, 0.6) is 0 Å². The summed E-state index contributed by atoms with van der Waals surface area (Å²) in [5.41, 5.74) is 1.32. The van der Waals surface area contributed by atoms with Crippen LogP contribution in [0.4, 0.5) is 0 Å². The molecule has 0 saturated heterocycles. The molecule has 0 aliphatic rings. The van der Waals surface area contributed by atoms with Gasteiger partial charge in [0, 0.05) is 11.6 Å². The Morgan fingerprint density at radius 2 is 1.82 bits per heavy atom. The first-order chi connectivity index (χ1) is 7.93. The maximum absolute atomic E-state index is 5.62. The van der Waals surface area contributed by atoms with E-state index in [0.29, 0.717) is 6.04 Å². The highest BCUT2D eigenvalue weighted by atomic mass is 16.3. The van der Waals surface area contributed by atoms with Gasteiger partial charge in [-0.1, -0.05) is 20.8 Å². The second-order valence-corrected chi connectivity index (χ2v) is 5.68. The van der Waals surface area contributed by atoms with Crippen LogP contribution in [0, 0.1) is 25.7 Å². The second-order valence-electron chi connectivity index (χ2n) is 5.68. The van der Waals surface area contributed by atoms with Gasteiger partial charge < -0.3 is 9.73 Å². The van der Waals surface area contributed by atoms with E-state index in [-0.39, 0.29) is 0 Å². The van der Waals surface area contributed by atoms with E-state index in [1.807, 2.05) is 14.0 Å². The summed E-state index contributed by atoms with van der Waals surface area (Å²) in [5, 5.41) is 3.42. The van der Waals surface area contributed by atoms with E-state index in [1.54, 1.807) is 0 Å². The lowest BCUT2D eigenvalue weighted by molar-refractivity contribution is 0.363. The van der Waals surface area contributed by atoms with Crippen LogP contribution < -0.4 is 5.32 Å². The molecule has 0 aromatic carbocycles. The van der Waals surface area contributed by atoms with Crippen molar-refractivity contribution in [2.24, 2.45) is 11.8 Å². The van der Waals surface area contributed by atoms with Gasteiger partial charge in [-0.15, -0.1) is 0 Å². The van der Waals surface area contributed by atoms with Crippen LogP contribution >= 0.6 is 0 Å². The zero-order chi connectivity index (χ0) is 13.0. The molecule has 1 rings (SSSR count). The predicted molar refractivity (Wildman–Crippen MR) is 73.2 cm³/mol. The van der Waals surface area contributed by atoms with Gasteiger partial charge in [-0.2, -0.15) is 0 Å². The third-order valence-electron chi connectivity index (χ3n) is 3.32. The lowest BCUT2D eigenvalue weighted by atomic mass is 9.90. The first-order valence-corrected chi connectivity index (χ1v) is 6.68. The van der Waals surface area contributed by atoms with Gasteiger partial charge >= 0.3 is 0 Å². The predicted octanol–water partition coefficient (Wildman–Crippen LogP) is 4.23. The van der Waals surface area contributed by atoms with E-state index in [2.05, 4.69) is 39.1 Å². The second kappa shape index (κ2) is 6.25. The molecule has 0 bridgehead atoms. The summed E-state index contributed by atoms with van der Waals surface area (Å²) < 4.78 is 5.62. The topological polar surface area (TPSA) is 25.2 Å². The highest BCUT2D eigenvalue weighted by molar-refractivity contribution is 5.24. The van der Waals surface area contributed by atoms with Crippen LogP contribution in [0.15, 0.2) is 10.5 Å². The Labute approximate surface area is 106 Å². The molecule has 0 aliphatic heterocycles. The summed E-state index contributed by atoms with van der Waals surface area (Å²) in [6, 6.07) is 2.58. The number of nitrogens with one attached hydrogen (secondary N) is 1. The van der Waals surface area contributed by atoms with E-state index in [1.165, 1.54) is 18.4 Å². The standard InChI is InChI=1S/C15H27NO/c1-10(2)7-11(3)8-15(16-6)14-9-12(4)17-13(14)5/h9-11,15-16H,7-8H2,1-6H3. The zero-order valence-corrected chi connectivity index (χ0v) is 12.1. The summed E-state index contributed by atoms with van der Waals surface area (Å²) >= 11 is 0. The summed E-state index contributed by atoms with van der Waals surface area (Å²) in [6.45, 7) is 11.0. The molecule has 0 saturated carbocycles. The molecule has 2 atom stereocenters. The van der Waals surface area contributed by atoms with Crippen LogP contribution in [-0.4, -0.2) is 7.05 Å². The van der Waals surface area contributed by atoms with Crippen molar-refractivity contribution in [2.45, 2.75) is 53.5 Å². The molecule has 0 fully saturated rings. The molecular formula is C15H27NO. The number of furan rings is 1. The molecule has 98 valence electrons. The number of rotatable bonds is 6. The molecule has 17 heavy (non-hydrogen) atoms. The van der Waals surface area contributed by atoms with Crippen LogP contribution in [0.25, 0.3) is 0 Å².